The van der Waals surface area contributed by atoms with E-state index >= 15 is 0 Å². The number of Topliss-reactive ketones (excluding diaryl/α,β-unsaturated/α-hetero) is 2. The molecule has 24 heavy (non-hydrogen) atoms. The zero-order valence-corrected chi connectivity index (χ0v) is 13.4. The van der Waals surface area contributed by atoms with Gasteiger partial charge in [-0.2, -0.15) is 0 Å². The van der Waals surface area contributed by atoms with Crippen LogP contribution in [0.25, 0.3) is 11.1 Å². The second kappa shape index (κ2) is 6.74. The summed E-state index contributed by atoms with van der Waals surface area (Å²) >= 11 is 0. The maximum Gasteiger partial charge on any atom is 0.223 e. The van der Waals surface area contributed by atoms with Crippen molar-refractivity contribution in [3.63, 3.8) is 0 Å². The molecule has 2 heterocycles. The number of amides is 1. The predicted octanol–water partition coefficient (Wildman–Crippen LogP) is 2.66. The number of carbonyl (C=O) groups is 3. The quantitative estimate of drug-likeness (QED) is 0.859. The minimum Gasteiger partial charge on any atom is -0.356 e. The number of benzene rings is 1. The van der Waals surface area contributed by atoms with E-state index in [0.29, 0.717) is 24.1 Å². The second-order valence-electron chi connectivity index (χ2n) is 6.00. The molecule has 1 N–H and O–H groups in total. The van der Waals surface area contributed by atoms with Gasteiger partial charge in [-0.05, 0) is 31.0 Å². The van der Waals surface area contributed by atoms with E-state index in [1.54, 1.807) is 24.4 Å². The number of hydrogen-bond acceptors (Lipinski definition) is 4. The average Bonchev–Trinajstić information content (AvgIpc) is 3.00. The number of ketones is 2. The Labute approximate surface area is 140 Å². The molecule has 0 bridgehead atoms. The molecule has 0 saturated carbocycles. The summed E-state index contributed by atoms with van der Waals surface area (Å²) in [7, 11) is 0. The standard InChI is InChI=1S/C19H18N2O3/c1-12(22)13-3-2-4-14(7-13)16-8-17(11-20-10-16)18(23)9-15-5-6-21-19(15)24/h2-4,7-8,10-11,15H,5-6,9H2,1H3,(H,21,24). The molecular formula is C19H18N2O3. The lowest BCUT2D eigenvalue weighted by molar-refractivity contribution is -0.122. The van der Waals surface area contributed by atoms with Crippen LogP contribution in [-0.4, -0.2) is 29.0 Å². The summed E-state index contributed by atoms with van der Waals surface area (Å²) in [6.45, 7) is 2.15. The molecule has 2 aromatic rings. The molecule has 1 aliphatic rings. The van der Waals surface area contributed by atoms with Gasteiger partial charge in [0, 0.05) is 48.0 Å². The first-order valence-corrected chi connectivity index (χ1v) is 7.92. The zero-order chi connectivity index (χ0) is 17.1. The SMILES string of the molecule is CC(=O)c1cccc(-c2cncc(C(=O)CC3CCNC3=O)c2)c1. The summed E-state index contributed by atoms with van der Waals surface area (Å²) in [5.41, 5.74) is 2.72. The monoisotopic (exact) mass is 322 g/mol. The molecular weight excluding hydrogens is 304 g/mol. The van der Waals surface area contributed by atoms with Gasteiger partial charge >= 0.3 is 0 Å². The fourth-order valence-corrected chi connectivity index (χ4v) is 2.85. The van der Waals surface area contributed by atoms with E-state index in [4.69, 9.17) is 0 Å². The van der Waals surface area contributed by atoms with Gasteiger partial charge in [-0.15, -0.1) is 0 Å². The van der Waals surface area contributed by atoms with Gasteiger partial charge in [-0.3, -0.25) is 19.4 Å². The van der Waals surface area contributed by atoms with Crippen molar-refractivity contribution in [2.24, 2.45) is 5.92 Å². The minimum atomic E-state index is -0.248. The van der Waals surface area contributed by atoms with Gasteiger partial charge in [0.15, 0.2) is 11.6 Å². The number of carbonyl (C=O) groups excluding carboxylic acids is 3. The molecule has 1 atom stereocenters. The Morgan fingerprint density at radius 2 is 1.96 bits per heavy atom. The summed E-state index contributed by atoms with van der Waals surface area (Å²) in [6.07, 6.45) is 4.08. The lowest BCUT2D eigenvalue weighted by Crippen LogP contribution is -2.21. The maximum atomic E-state index is 12.4. The number of hydrogen-bond donors (Lipinski definition) is 1. The van der Waals surface area contributed by atoms with Crippen LogP contribution in [0.3, 0.4) is 0 Å². The van der Waals surface area contributed by atoms with Crippen molar-refractivity contribution in [3.8, 4) is 11.1 Å². The Bertz CT molecular complexity index is 814. The van der Waals surface area contributed by atoms with Gasteiger partial charge in [0.25, 0.3) is 0 Å². The van der Waals surface area contributed by atoms with E-state index < -0.39 is 0 Å². The molecule has 5 nitrogen and oxygen atoms in total. The summed E-state index contributed by atoms with van der Waals surface area (Å²) in [5.74, 6) is -0.401. The Kier molecular flexibility index (Phi) is 4.51. The van der Waals surface area contributed by atoms with Crippen LogP contribution in [0.15, 0.2) is 42.7 Å². The van der Waals surface area contributed by atoms with Gasteiger partial charge in [0.05, 0.1) is 0 Å². The number of nitrogens with zero attached hydrogens (tertiary/aromatic N) is 1. The molecule has 1 unspecified atom stereocenters. The summed E-state index contributed by atoms with van der Waals surface area (Å²) in [4.78, 5) is 39.7. The third kappa shape index (κ3) is 3.40. The second-order valence-corrected chi connectivity index (χ2v) is 6.00. The van der Waals surface area contributed by atoms with Crippen LogP contribution in [0.2, 0.25) is 0 Å². The van der Waals surface area contributed by atoms with E-state index in [1.807, 2.05) is 12.1 Å². The van der Waals surface area contributed by atoms with E-state index in [9.17, 15) is 14.4 Å². The Hall–Kier alpha value is -2.82. The normalized spacial score (nSPS) is 16.7. The molecule has 1 aromatic carbocycles. The highest BCUT2D eigenvalue weighted by molar-refractivity contribution is 6.00. The summed E-state index contributed by atoms with van der Waals surface area (Å²) < 4.78 is 0. The lowest BCUT2D eigenvalue weighted by Gasteiger charge is -2.08. The van der Waals surface area contributed by atoms with Gasteiger partial charge < -0.3 is 5.32 Å². The summed E-state index contributed by atoms with van der Waals surface area (Å²) in [6, 6.07) is 9.00. The fraction of sp³-hybridized carbons (Fsp3) is 0.263. The fourth-order valence-electron chi connectivity index (χ4n) is 2.85. The van der Waals surface area contributed by atoms with Gasteiger partial charge in [0.1, 0.15) is 0 Å². The predicted molar refractivity (Wildman–Crippen MR) is 89.7 cm³/mol. The highest BCUT2D eigenvalue weighted by Gasteiger charge is 2.27. The Balaban J connectivity index is 1.83. The first-order valence-electron chi connectivity index (χ1n) is 7.92. The number of aromatic nitrogens is 1. The molecule has 1 saturated heterocycles. The number of pyridine rings is 1. The van der Waals surface area contributed by atoms with Crippen LogP contribution in [0.5, 0.6) is 0 Å². The number of rotatable bonds is 5. The van der Waals surface area contributed by atoms with Crippen LogP contribution in [-0.2, 0) is 4.79 Å². The van der Waals surface area contributed by atoms with Crippen molar-refractivity contribution in [1.29, 1.82) is 0 Å². The van der Waals surface area contributed by atoms with Crippen molar-refractivity contribution in [3.05, 3.63) is 53.9 Å². The van der Waals surface area contributed by atoms with Crippen LogP contribution >= 0.6 is 0 Å². The molecule has 1 amide bonds. The summed E-state index contributed by atoms with van der Waals surface area (Å²) in [5, 5.41) is 2.74. The molecule has 1 aliphatic heterocycles. The smallest absolute Gasteiger partial charge is 0.223 e. The molecule has 122 valence electrons. The highest BCUT2D eigenvalue weighted by atomic mass is 16.2. The van der Waals surface area contributed by atoms with Crippen LogP contribution < -0.4 is 5.32 Å². The maximum absolute atomic E-state index is 12.4. The van der Waals surface area contributed by atoms with Gasteiger partial charge in [-0.1, -0.05) is 18.2 Å². The topological polar surface area (TPSA) is 76.1 Å². The molecule has 0 spiro atoms. The third-order valence-electron chi connectivity index (χ3n) is 4.26. The molecule has 1 fully saturated rings. The van der Waals surface area contributed by atoms with Crippen LogP contribution in [0.1, 0.15) is 40.5 Å². The van der Waals surface area contributed by atoms with Crippen molar-refractivity contribution >= 4 is 17.5 Å². The van der Waals surface area contributed by atoms with Gasteiger partial charge in [-0.25, -0.2) is 0 Å². The van der Waals surface area contributed by atoms with E-state index in [2.05, 4.69) is 10.3 Å². The minimum absolute atomic E-state index is 0.00992. The Morgan fingerprint density at radius 3 is 2.67 bits per heavy atom. The lowest BCUT2D eigenvalue weighted by atomic mass is 9.96. The first kappa shape index (κ1) is 16.1. The Morgan fingerprint density at radius 1 is 1.17 bits per heavy atom. The zero-order valence-electron chi connectivity index (χ0n) is 13.4. The average molecular weight is 322 g/mol. The molecule has 1 aromatic heterocycles. The van der Waals surface area contributed by atoms with Crippen molar-refractivity contribution < 1.29 is 14.4 Å². The van der Waals surface area contributed by atoms with Crippen LogP contribution in [0, 0.1) is 5.92 Å². The molecule has 5 heteroatoms. The first-order chi connectivity index (χ1) is 11.5. The molecule has 3 rings (SSSR count). The third-order valence-corrected chi connectivity index (χ3v) is 4.26. The molecule has 0 aliphatic carbocycles. The van der Waals surface area contributed by atoms with Crippen molar-refractivity contribution in [2.75, 3.05) is 6.54 Å². The van der Waals surface area contributed by atoms with E-state index in [0.717, 1.165) is 11.1 Å². The van der Waals surface area contributed by atoms with Crippen molar-refractivity contribution in [1.82, 2.24) is 10.3 Å². The van der Waals surface area contributed by atoms with Crippen LogP contribution in [0.4, 0.5) is 0 Å². The largest absolute Gasteiger partial charge is 0.356 e. The van der Waals surface area contributed by atoms with Gasteiger partial charge in [0.2, 0.25) is 5.91 Å². The molecule has 0 radical (unpaired) electrons. The van der Waals surface area contributed by atoms with E-state index in [1.165, 1.54) is 13.1 Å². The number of nitrogens with one attached hydrogen (secondary N) is 1. The van der Waals surface area contributed by atoms with Crippen molar-refractivity contribution in [2.45, 2.75) is 19.8 Å². The highest BCUT2D eigenvalue weighted by Crippen LogP contribution is 2.23. The van der Waals surface area contributed by atoms with E-state index in [-0.39, 0.29) is 29.8 Å².